The number of H-pyrrole nitrogens is 1. The molecule has 8 heteroatoms. The van der Waals surface area contributed by atoms with Gasteiger partial charge in [0.2, 0.25) is 0 Å². The third kappa shape index (κ3) is 3.37. The molecule has 4 aromatic rings. The summed E-state index contributed by atoms with van der Waals surface area (Å²) in [6.45, 7) is 3.76. The Morgan fingerprint density at radius 3 is 2.71 bits per heavy atom. The van der Waals surface area contributed by atoms with Crippen molar-refractivity contribution in [1.29, 1.82) is 0 Å². The standard InChI is InChI=1S/C20H20N6O2/c1-20(2,12-27)16-5-3-13(7-21-16)19(28)25-17-11-26-10-14(4-6-18(26)24-17)15-8-22-23-9-15/h3-11,27H,12H2,1-2H3,(H,22,23)(H,25,28). The number of hydrogen-bond acceptors (Lipinski definition) is 5. The van der Waals surface area contributed by atoms with Gasteiger partial charge in [-0.1, -0.05) is 13.8 Å². The van der Waals surface area contributed by atoms with Crippen molar-refractivity contribution >= 4 is 17.4 Å². The zero-order valence-electron chi connectivity index (χ0n) is 15.5. The average Bonchev–Trinajstić information content (AvgIpc) is 3.37. The van der Waals surface area contributed by atoms with E-state index in [1.165, 1.54) is 6.20 Å². The topological polar surface area (TPSA) is 108 Å². The van der Waals surface area contributed by atoms with Gasteiger partial charge in [0.1, 0.15) is 5.65 Å². The summed E-state index contributed by atoms with van der Waals surface area (Å²) in [6.07, 6.45) is 8.75. The van der Waals surface area contributed by atoms with E-state index in [0.717, 1.165) is 22.5 Å². The highest BCUT2D eigenvalue weighted by Gasteiger charge is 2.21. The van der Waals surface area contributed by atoms with Crippen LogP contribution in [0, 0.1) is 0 Å². The van der Waals surface area contributed by atoms with E-state index in [-0.39, 0.29) is 12.5 Å². The molecule has 3 N–H and O–H groups in total. The molecule has 0 aliphatic heterocycles. The molecule has 142 valence electrons. The predicted octanol–water partition coefficient (Wildman–Crippen LogP) is 2.64. The second-order valence-electron chi connectivity index (χ2n) is 7.22. The number of aromatic nitrogens is 5. The zero-order valence-corrected chi connectivity index (χ0v) is 15.5. The number of anilines is 1. The molecule has 0 radical (unpaired) electrons. The largest absolute Gasteiger partial charge is 0.395 e. The maximum atomic E-state index is 12.5. The van der Waals surface area contributed by atoms with Crippen LogP contribution in [0.5, 0.6) is 0 Å². The predicted molar refractivity (Wildman–Crippen MR) is 105 cm³/mol. The first kappa shape index (κ1) is 17.9. The van der Waals surface area contributed by atoms with Gasteiger partial charge in [-0.05, 0) is 24.3 Å². The number of aliphatic hydroxyl groups is 1. The van der Waals surface area contributed by atoms with E-state index in [1.54, 1.807) is 24.5 Å². The van der Waals surface area contributed by atoms with Crippen LogP contribution >= 0.6 is 0 Å². The Labute approximate surface area is 161 Å². The van der Waals surface area contributed by atoms with Crippen molar-refractivity contribution in [3.8, 4) is 11.1 Å². The van der Waals surface area contributed by atoms with Crippen LogP contribution in [0.3, 0.4) is 0 Å². The lowest BCUT2D eigenvalue weighted by atomic mass is 9.90. The molecule has 8 nitrogen and oxygen atoms in total. The Hall–Kier alpha value is -3.52. The third-order valence-corrected chi connectivity index (χ3v) is 4.64. The average molecular weight is 376 g/mol. The molecule has 28 heavy (non-hydrogen) atoms. The summed E-state index contributed by atoms with van der Waals surface area (Å²) in [5, 5.41) is 19.0. The zero-order chi connectivity index (χ0) is 19.7. The number of aliphatic hydroxyl groups excluding tert-OH is 1. The number of nitrogens with one attached hydrogen (secondary N) is 2. The van der Waals surface area contributed by atoms with Gasteiger partial charge in [-0.3, -0.25) is 14.9 Å². The molecule has 0 aromatic carbocycles. The van der Waals surface area contributed by atoms with Crippen molar-refractivity contribution in [2.75, 3.05) is 11.9 Å². The molecule has 0 bridgehead atoms. The summed E-state index contributed by atoms with van der Waals surface area (Å²) in [5.74, 6) is 0.161. The number of imidazole rings is 1. The third-order valence-electron chi connectivity index (χ3n) is 4.64. The highest BCUT2D eigenvalue weighted by molar-refractivity contribution is 6.03. The summed E-state index contributed by atoms with van der Waals surface area (Å²) in [5.41, 5.74) is 3.38. The Morgan fingerprint density at radius 2 is 2.04 bits per heavy atom. The minimum absolute atomic E-state index is 0.0202. The lowest BCUT2D eigenvalue weighted by molar-refractivity contribution is 0.102. The van der Waals surface area contributed by atoms with Crippen LogP contribution in [-0.4, -0.2) is 42.2 Å². The van der Waals surface area contributed by atoms with E-state index in [0.29, 0.717) is 11.4 Å². The van der Waals surface area contributed by atoms with Crippen LogP contribution < -0.4 is 5.32 Å². The number of nitrogens with zero attached hydrogens (tertiary/aromatic N) is 4. The molecular weight excluding hydrogens is 356 g/mol. The fraction of sp³-hybridized carbons (Fsp3) is 0.200. The van der Waals surface area contributed by atoms with Gasteiger partial charge in [0.05, 0.1) is 24.6 Å². The lowest BCUT2D eigenvalue weighted by Crippen LogP contribution is -2.24. The SMILES string of the molecule is CC(C)(CO)c1ccc(C(=O)Nc2cn3cc(-c4cn[nH]c4)ccc3n2)cn1. The first-order valence-electron chi connectivity index (χ1n) is 8.83. The molecule has 4 heterocycles. The maximum Gasteiger partial charge on any atom is 0.258 e. The van der Waals surface area contributed by atoms with Gasteiger partial charge in [0.25, 0.3) is 5.91 Å². The summed E-state index contributed by atoms with van der Waals surface area (Å²) in [7, 11) is 0. The number of hydrogen-bond donors (Lipinski definition) is 3. The number of amides is 1. The minimum Gasteiger partial charge on any atom is -0.395 e. The molecule has 4 rings (SSSR count). The van der Waals surface area contributed by atoms with Crippen molar-refractivity contribution in [2.45, 2.75) is 19.3 Å². The lowest BCUT2D eigenvalue weighted by Gasteiger charge is -2.20. The fourth-order valence-electron chi connectivity index (χ4n) is 2.83. The smallest absolute Gasteiger partial charge is 0.258 e. The number of carbonyl (C=O) groups excluding carboxylic acids is 1. The molecule has 0 spiro atoms. The monoisotopic (exact) mass is 376 g/mol. The first-order valence-corrected chi connectivity index (χ1v) is 8.83. The Morgan fingerprint density at radius 1 is 1.18 bits per heavy atom. The maximum absolute atomic E-state index is 12.5. The van der Waals surface area contributed by atoms with Crippen LogP contribution in [0.25, 0.3) is 16.8 Å². The molecule has 0 saturated carbocycles. The van der Waals surface area contributed by atoms with Crippen LogP contribution in [-0.2, 0) is 5.41 Å². The van der Waals surface area contributed by atoms with Gasteiger partial charge in [-0.25, -0.2) is 4.98 Å². The molecule has 0 unspecified atom stereocenters. The normalized spacial score (nSPS) is 11.7. The van der Waals surface area contributed by atoms with Gasteiger partial charge >= 0.3 is 0 Å². The number of fused-ring (bicyclic) bond motifs is 1. The number of pyridine rings is 2. The second-order valence-corrected chi connectivity index (χ2v) is 7.22. The Bertz CT molecular complexity index is 1110. The summed E-state index contributed by atoms with van der Waals surface area (Å²) in [6, 6.07) is 7.28. The van der Waals surface area contributed by atoms with Crippen molar-refractivity contribution in [3.63, 3.8) is 0 Å². The van der Waals surface area contributed by atoms with E-state index >= 15 is 0 Å². The van der Waals surface area contributed by atoms with E-state index in [2.05, 4.69) is 25.5 Å². The van der Waals surface area contributed by atoms with Crippen LogP contribution in [0.4, 0.5) is 5.82 Å². The Kier molecular flexibility index (Phi) is 4.40. The molecule has 4 aromatic heterocycles. The van der Waals surface area contributed by atoms with E-state index in [9.17, 15) is 9.90 Å². The number of aromatic amines is 1. The van der Waals surface area contributed by atoms with Gasteiger partial charge in [0.15, 0.2) is 5.82 Å². The fourth-order valence-corrected chi connectivity index (χ4v) is 2.83. The first-order chi connectivity index (χ1) is 13.5. The van der Waals surface area contributed by atoms with Crippen molar-refractivity contribution in [3.05, 3.63) is 66.5 Å². The van der Waals surface area contributed by atoms with E-state index in [1.807, 2.05) is 42.8 Å². The van der Waals surface area contributed by atoms with Crippen molar-refractivity contribution in [2.24, 2.45) is 0 Å². The minimum atomic E-state index is -0.455. The highest BCUT2D eigenvalue weighted by atomic mass is 16.3. The highest BCUT2D eigenvalue weighted by Crippen LogP contribution is 2.21. The molecule has 1 amide bonds. The van der Waals surface area contributed by atoms with Crippen molar-refractivity contribution in [1.82, 2.24) is 24.6 Å². The van der Waals surface area contributed by atoms with Crippen LogP contribution in [0.1, 0.15) is 29.9 Å². The molecule has 0 saturated heterocycles. The van der Waals surface area contributed by atoms with Crippen LogP contribution in [0.15, 0.2) is 55.2 Å². The van der Waals surface area contributed by atoms with Crippen LogP contribution in [0.2, 0.25) is 0 Å². The van der Waals surface area contributed by atoms with Gasteiger partial charge in [0, 0.05) is 40.8 Å². The van der Waals surface area contributed by atoms with Crippen molar-refractivity contribution < 1.29 is 9.90 Å². The molecule has 0 fully saturated rings. The van der Waals surface area contributed by atoms with Gasteiger partial charge in [-0.2, -0.15) is 5.10 Å². The Balaban J connectivity index is 1.53. The molecular formula is C20H20N6O2. The van der Waals surface area contributed by atoms with Gasteiger partial charge < -0.3 is 14.8 Å². The molecule has 0 aliphatic carbocycles. The van der Waals surface area contributed by atoms with E-state index < -0.39 is 5.41 Å². The summed E-state index contributed by atoms with van der Waals surface area (Å²) >= 11 is 0. The second kappa shape index (κ2) is 6.90. The quantitative estimate of drug-likeness (QED) is 0.496. The number of carbonyl (C=O) groups is 1. The van der Waals surface area contributed by atoms with Gasteiger partial charge in [-0.15, -0.1) is 0 Å². The number of rotatable bonds is 5. The molecule has 0 aliphatic rings. The summed E-state index contributed by atoms with van der Waals surface area (Å²) < 4.78 is 1.85. The van der Waals surface area contributed by atoms with E-state index in [4.69, 9.17) is 0 Å². The summed E-state index contributed by atoms with van der Waals surface area (Å²) in [4.78, 5) is 21.2. The molecule has 0 atom stereocenters.